The number of ether oxygens (including phenoxy) is 2. The third-order valence-corrected chi connectivity index (χ3v) is 5.06. The zero-order valence-corrected chi connectivity index (χ0v) is 16.3. The number of carbonyl (C=O) groups excluding carboxylic acids is 1. The van der Waals surface area contributed by atoms with Crippen molar-refractivity contribution in [2.24, 2.45) is 0 Å². The molecule has 1 aromatic heterocycles. The van der Waals surface area contributed by atoms with Crippen LogP contribution in [-0.2, 0) is 17.1 Å². The van der Waals surface area contributed by atoms with Gasteiger partial charge in [-0.1, -0.05) is 28.9 Å². The minimum absolute atomic E-state index is 0.158. The summed E-state index contributed by atoms with van der Waals surface area (Å²) in [5.41, 5.74) is 3.30. The fourth-order valence-corrected chi connectivity index (χ4v) is 3.56. The van der Waals surface area contributed by atoms with E-state index in [1.165, 1.54) is 11.8 Å². The molecule has 3 rings (SSSR count). The highest BCUT2D eigenvalue weighted by Gasteiger charge is 2.15. The highest BCUT2D eigenvalue weighted by atomic mass is 32.2. The Hall–Kier alpha value is -2.73. The van der Waals surface area contributed by atoms with Gasteiger partial charge in [-0.25, -0.2) is 4.79 Å². The minimum atomic E-state index is -0.363. The van der Waals surface area contributed by atoms with E-state index >= 15 is 0 Å². The lowest BCUT2D eigenvalue weighted by atomic mass is 10.1. The van der Waals surface area contributed by atoms with Crippen LogP contribution in [0.4, 0.5) is 0 Å². The van der Waals surface area contributed by atoms with Crippen LogP contribution in [0.15, 0.2) is 57.9 Å². The van der Waals surface area contributed by atoms with Crippen molar-refractivity contribution in [3.63, 3.8) is 0 Å². The number of nitrogens with zero attached hydrogens (tertiary/aromatic N) is 1. The van der Waals surface area contributed by atoms with Gasteiger partial charge in [-0.3, -0.25) is 0 Å². The molecule has 0 saturated carbocycles. The number of benzene rings is 2. The van der Waals surface area contributed by atoms with Crippen LogP contribution in [0.25, 0.3) is 0 Å². The first-order chi connectivity index (χ1) is 13.1. The van der Waals surface area contributed by atoms with Gasteiger partial charge >= 0.3 is 5.97 Å². The molecule has 0 fully saturated rings. The molecule has 0 saturated heterocycles. The van der Waals surface area contributed by atoms with E-state index in [4.69, 9.17) is 14.0 Å². The van der Waals surface area contributed by atoms with Crippen LogP contribution in [0, 0.1) is 13.8 Å². The zero-order valence-electron chi connectivity index (χ0n) is 15.5. The first-order valence-corrected chi connectivity index (χ1v) is 9.50. The van der Waals surface area contributed by atoms with Gasteiger partial charge in [0.25, 0.3) is 0 Å². The number of thioether (sulfide) groups is 1. The molecule has 0 unspecified atom stereocenters. The lowest BCUT2D eigenvalue weighted by Crippen LogP contribution is -2.07. The Balaban J connectivity index is 1.69. The SMILES string of the molecule is COc1ccc(C)cc1COC(=O)c1ccccc1SCc1cc(C)on1. The molecule has 0 atom stereocenters. The second-order valence-electron chi connectivity index (χ2n) is 6.11. The summed E-state index contributed by atoms with van der Waals surface area (Å²) in [6.07, 6.45) is 0. The van der Waals surface area contributed by atoms with E-state index < -0.39 is 0 Å². The molecular weight excluding hydrogens is 362 g/mol. The molecule has 0 aliphatic heterocycles. The van der Waals surface area contributed by atoms with Crippen molar-refractivity contribution < 1.29 is 18.8 Å². The molecule has 27 heavy (non-hydrogen) atoms. The van der Waals surface area contributed by atoms with Crippen LogP contribution in [0.5, 0.6) is 5.75 Å². The summed E-state index contributed by atoms with van der Waals surface area (Å²) >= 11 is 1.53. The molecule has 0 spiro atoms. The minimum Gasteiger partial charge on any atom is -0.496 e. The van der Waals surface area contributed by atoms with E-state index in [-0.39, 0.29) is 12.6 Å². The first kappa shape index (κ1) is 19.0. The van der Waals surface area contributed by atoms with E-state index in [1.54, 1.807) is 13.2 Å². The molecule has 0 aliphatic carbocycles. The number of methoxy groups -OCH3 is 1. The predicted molar refractivity (Wildman–Crippen MR) is 104 cm³/mol. The first-order valence-electron chi connectivity index (χ1n) is 8.51. The van der Waals surface area contributed by atoms with Crippen molar-refractivity contribution in [2.75, 3.05) is 7.11 Å². The smallest absolute Gasteiger partial charge is 0.339 e. The molecule has 0 N–H and O–H groups in total. The average molecular weight is 383 g/mol. The van der Waals surface area contributed by atoms with Crippen molar-refractivity contribution in [3.8, 4) is 5.75 Å². The van der Waals surface area contributed by atoms with Gasteiger partial charge in [0, 0.05) is 22.3 Å². The second-order valence-corrected chi connectivity index (χ2v) is 7.12. The van der Waals surface area contributed by atoms with E-state index in [1.807, 2.05) is 56.3 Å². The van der Waals surface area contributed by atoms with Gasteiger partial charge in [0.2, 0.25) is 0 Å². The number of esters is 1. The fraction of sp³-hybridized carbons (Fsp3) is 0.238. The molecule has 6 heteroatoms. The Kier molecular flexibility index (Phi) is 6.19. The third kappa shape index (κ3) is 4.92. The predicted octanol–water partition coefficient (Wildman–Crippen LogP) is 4.95. The molecule has 5 nitrogen and oxygen atoms in total. The van der Waals surface area contributed by atoms with Crippen LogP contribution in [-0.4, -0.2) is 18.2 Å². The fourth-order valence-electron chi connectivity index (χ4n) is 2.64. The summed E-state index contributed by atoms with van der Waals surface area (Å²) in [4.78, 5) is 13.5. The largest absolute Gasteiger partial charge is 0.496 e. The summed E-state index contributed by atoms with van der Waals surface area (Å²) in [6, 6.07) is 15.1. The van der Waals surface area contributed by atoms with E-state index in [2.05, 4.69) is 5.16 Å². The molecule has 1 heterocycles. The summed E-state index contributed by atoms with van der Waals surface area (Å²) in [6.45, 7) is 4.00. The normalized spacial score (nSPS) is 10.6. The Morgan fingerprint density at radius 2 is 1.96 bits per heavy atom. The zero-order chi connectivity index (χ0) is 19.2. The van der Waals surface area contributed by atoms with Crippen LogP contribution in [0.3, 0.4) is 0 Å². The maximum atomic E-state index is 12.6. The van der Waals surface area contributed by atoms with Crippen molar-refractivity contribution in [3.05, 3.63) is 76.7 Å². The Morgan fingerprint density at radius 3 is 2.70 bits per heavy atom. The van der Waals surface area contributed by atoms with Gasteiger partial charge in [0.1, 0.15) is 18.1 Å². The number of rotatable bonds is 7. The molecule has 0 aliphatic rings. The molecule has 2 aromatic carbocycles. The van der Waals surface area contributed by atoms with Gasteiger partial charge in [-0.05, 0) is 38.1 Å². The number of hydrogen-bond acceptors (Lipinski definition) is 6. The molecule has 0 amide bonds. The van der Waals surface area contributed by atoms with E-state index in [9.17, 15) is 4.79 Å². The number of carbonyl (C=O) groups is 1. The summed E-state index contributed by atoms with van der Waals surface area (Å²) in [7, 11) is 1.60. The molecule has 3 aromatic rings. The highest BCUT2D eigenvalue weighted by Crippen LogP contribution is 2.27. The van der Waals surface area contributed by atoms with Crippen LogP contribution in [0.1, 0.15) is 32.9 Å². The van der Waals surface area contributed by atoms with Gasteiger partial charge in [0.15, 0.2) is 0 Å². The van der Waals surface area contributed by atoms with Crippen molar-refractivity contribution in [1.82, 2.24) is 5.16 Å². The summed E-state index contributed by atoms with van der Waals surface area (Å²) in [5.74, 6) is 1.73. The number of aromatic nitrogens is 1. The van der Waals surface area contributed by atoms with E-state index in [0.29, 0.717) is 17.1 Å². The topological polar surface area (TPSA) is 61.6 Å². The average Bonchev–Trinajstić information content (AvgIpc) is 3.10. The van der Waals surface area contributed by atoms with Gasteiger partial charge < -0.3 is 14.0 Å². The highest BCUT2D eigenvalue weighted by molar-refractivity contribution is 7.98. The van der Waals surface area contributed by atoms with Crippen molar-refractivity contribution >= 4 is 17.7 Å². The van der Waals surface area contributed by atoms with Gasteiger partial charge in [0.05, 0.1) is 18.4 Å². The third-order valence-electron chi connectivity index (χ3n) is 3.95. The molecule has 0 radical (unpaired) electrons. The number of hydrogen-bond donors (Lipinski definition) is 0. The van der Waals surface area contributed by atoms with E-state index in [0.717, 1.165) is 27.5 Å². The molecule has 140 valence electrons. The van der Waals surface area contributed by atoms with Gasteiger partial charge in [-0.15, -0.1) is 11.8 Å². The van der Waals surface area contributed by atoms with Crippen LogP contribution < -0.4 is 4.74 Å². The lowest BCUT2D eigenvalue weighted by Gasteiger charge is -2.12. The Bertz CT molecular complexity index is 935. The van der Waals surface area contributed by atoms with Crippen molar-refractivity contribution in [1.29, 1.82) is 0 Å². The maximum absolute atomic E-state index is 12.6. The number of aryl methyl sites for hydroxylation is 2. The monoisotopic (exact) mass is 383 g/mol. The summed E-state index contributed by atoms with van der Waals surface area (Å²) in [5, 5.41) is 3.98. The van der Waals surface area contributed by atoms with Crippen LogP contribution >= 0.6 is 11.8 Å². The Labute approximate surface area is 162 Å². The second kappa shape index (κ2) is 8.77. The Morgan fingerprint density at radius 1 is 1.15 bits per heavy atom. The van der Waals surface area contributed by atoms with Gasteiger partial charge in [-0.2, -0.15) is 0 Å². The quantitative estimate of drug-likeness (QED) is 0.425. The standard InChI is InChI=1S/C21H21NO4S/c1-14-8-9-19(24-3)16(10-14)12-25-21(23)18-6-4-5-7-20(18)27-13-17-11-15(2)26-22-17/h4-11H,12-13H2,1-3H3. The molecular formula is C21H21NO4S. The van der Waals surface area contributed by atoms with Crippen molar-refractivity contribution in [2.45, 2.75) is 31.1 Å². The van der Waals surface area contributed by atoms with Crippen LogP contribution in [0.2, 0.25) is 0 Å². The molecule has 0 bridgehead atoms. The lowest BCUT2D eigenvalue weighted by molar-refractivity contribution is 0.0466. The maximum Gasteiger partial charge on any atom is 0.339 e. The summed E-state index contributed by atoms with van der Waals surface area (Å²) < 4.78 is 16.0.